The van der Waals surface area contributed by atoms with Crippen molar-refractivity contribution in [2.75, 3.05) is 12.4 Å². The normalized spacial score (nSPS) is 15.6. The highest BCUT2D eigenvalue weighted by molar-refractivity contribution is 5.79. The van der Waals surface area contributed by atoms with E-state index in [9.17, 15) is 4.79 Å². The molecule has 5 heteroatoms. The van der Waals surface area contributed by atoms with Gasteiger partial charge >= 0.3 is 5.97 Å². The van der Waals surface area contributed by atoms with Crippen LogP contribution in [0.4, 0.5) is 5.69 Å². The second-order valence-corrected chi connectivity index (χ2v) is 4.32. The van der Waals surface area contributed by atoms with E-state index in [1.54, 1.807) is 18.2 Å². The van der Waals surface area contributed by atoms with Crippen LogP contribution < -0.4 is 10.1 Å². The van der Waals surface area contributed by atoms with Crippen LogP contribution in [0.1, 0.15) is 18.4 Å². The van der Waals surface area contributed by atoms with E-state index in [1.807, 2.05) is 6.07 Å². The van der Waals surface area contributed by atoms with Crippen LogP contribution in [0.15, 0.2) is 18.2 Å². The Bertz CT molecular complexity index is 503. The van der Waals surface area contributed by atoms with E-state index in [0.717, 1.165) is 12.8 Å². The number of benzene rings is 1. The van der Waals surface area contributed by atoms with Crippen LogP contribution in [0.5, 0.6) is 5.75 Å². The number of nitrogens with one attached hydrogen (secondary N) is 1. The molecule has 0 amide bonds. The van der Waals surface area contributed by atoms with Crippen molar-refractivity contribution in [3.05, 3.63) is 23.8 Å². The van der Waals surface area contributed by atoms with E-state index in [4.69, 9.17) is 15.1 Å². The molecule has 1 aromatic rings. The molecular formula is C13H14N2O3. The molecular weight excluding hydrogens is 232 g/mol. The Kier molecular flexibility index (Phi) is 3.38. The number of ether oxygens (including phenoxy) is 1. The number of hydrogen-bond donors (Lipinski definition) is 2. The number of aliphatic carboxylic acids is 1. The van der Waals surface area contributed by atoms with Gasteiger partial charge < -0.3 is 15.2 Å². The third-order valence-corrected chi connectivity index (χ3v) is 3.00. The molecule has 0 spiro atoms. The van der Waals surface area contributed by atoms with Gasteiger partial charge in [-0.1, -0.05) is 0 Å². The lowest BCUT2D eigenvalue weighted by molar-refractivity contribution is -0.138. The second-order valence-electron chi connectivity index (χ2n) is 4.32. The molecule has 0 aromatic heterocycles. The largest absolute Gasteiger partial charge is 0.495 e. The standard InChI is InChI=1S/C13H14N2O3/c1-18-11-6-8(7-14)2-5-10(11)15-12(13(16)17)9-3-4-9/h2,5-6,9,12,15H,3-4H2,1H3,(H,16,17). The third-order valence-electron chi connectivity index (χ3n) is 3.00. The summed E-state index contributed by atoms with van der Waals surface area (Å²) in [5.74, 6) is -0.187. The summed E-state index contributed by atoms with van der Waals surface area (Å²) in [6, 6.07) is 6.33. The average molecular weight is 246 g/mol. The first kappa shape index (κ1) is 12.2. The lowest BCUT2D eigenvalue weighted by Crippen LogP contribution is -2.31. The van der Waals surface area contributed by atoms with Gasteiger partial charge in [-0.3, -0.25) is 0 Å². The number of carbonyl (C=O) groups is 1. The Labute approximate surface area is 105 Å². The molecule has 1 aliphatic carbocycles. The molecule has 1 aromatic carbocycles. The van der Waals surface area contributed by atoms with Gasteiger partial charge in [0.1, 0.15) is 11.8 Å². The number of hydrogen-bond acceptors (Lipinski definition) is 4. The molecule has 5 nitrogen and oxygen atoms in total. The molecule has 2 N–H and O–H groups in total. The molecule has 0 bridgehead atoms. The van der Waals surface area contributed by atoms with Crippen molar-refractivity contribution in [1.82, 2.24) is 0 Å². The van der Waals surface area contributed by atoms with Crippen LogP contribution >= 0.6 is 0 Å². The van der Waals surface area contributed by atoms with Gasteiger partial charge in [0.25, 0.3) is 0 Å². The fourth-order valence-electron chi connectivity index (χ4n) is 1.86. The Morgan fingerprint density at radius 1 is 1.61 bits per heavy atom. The Morgan fingerprint density at radius 2 is 2.33 bits per heavy atom. The maximum Gasteiger partial charge on any atom is 0.326 e. The van der Waals surface area contributed by atoms with Gasteiger partial charge in [-0.25, -0.2) is 4.79 Å². The summed E-state index contributed by atoms with van der Waals surface area (Å²) in [5.41, 5.74) is 1.09. The highest BCUT2D eigenvalue weighted by atomic mass is 16.5. The summed E-state index contributed by atoms with van der Waals surface area (Å²) in [7, 11) is 1.49. The van der Waals surface area contributed by atoms with Gasteiger partial charge in [-0.2, -0.15) is 5.26 Å². The molecule has 0 heterocycles. The fraction of sp³-hybridized carbons (Fsp3) is 0.385. The van der Waals surface area contributed by atoms with Crippen LogP contribution in [-0.4, -0.2) is 24.2 Å². The van der Waals surface area contributed by atoms with Gasteiger partial charge in [-0.15, -0.1) is 0 Å². The van der Waals surface area contributed by atoms with Crippen molar-refractivity contribution in [1.29, 1.82) is 5.26 Å². The second kappa shape index (κ2) is 4.96. The summed E-state index contributed by atoms with van der Waals surface area (Å²) < 4.78 is 5.16. The van der Waals surface area contributed by atoms with Crippen LogP contribution in [0.3, 0.4) is 0 Å². The van der Waals surface area contributed by atoms with Crippen molar-refractivity contribution < 1.29 is 14.6 Å². The predicted octanol–water partition coefficient (Wildman–Crippen LogP) is 1.84. The number of anilines is 1. The molecule has 2 rings (SSSR count). The number of carboxylic acids is 1. The smallest absolute Gasteiger partial charge is 0.326 e. The molecule has 1 unspecified atom stereocenters. The topological polar surface area (TPSA) is 82.3 Å². The third kappa shape index (κ3) is 2.54. The van der Waals surface area contributed by atoms with Crippen molar-refractivity contribution in [3.63, 3.8) is 0 Å². The van der Waals surface area contributed by atoms with Gasteiger partial charge in [0.2, 0.25) is 0 Å². The minimum atomic E-state index is -0.857. The van der Waals surface area contributed by atoms with Crippen molar-refractivity contribution in [3.8, 4) is 11.8 Å². The molecule has 94 valence electrons. The molecule has 0 saturated heterocycles. The highest BCUT2D eigenvalue weighted by Crippen LogP contribution is 2.36. The van der Waals surface area contributed by atoms with Crippen LogP contribution in [0.2, 0.25) is 0 Å². The van der Waals surface area contributed by atoms with Gasteiger partial charge in [0.15, 0.2) is 0 Å². The first-order chi connectivity index (χ1) is 8.65. The van der Waals surface area contributed by atoms with E-state index in [2.05, 4.69) is 5.32 Å². The number of nitriles is 1. The molecule has 0 aliphatic heterocycles. The minimum Gasteiger partial charge on any atom is -0.495 e. The zero-order valence-corrected chi connectivity index (χ0v) is 10.0. The first-order valence-corrected chi connectivity index (χ1v) is 5.73. The summed E-state index contributed by atoms with van der Waals surface area (Å²) in [6.07, 6.45) is 1.87. The van der Waals surface area contributed by atoms with Gasteiger partial charge in [0.05, 0.1) is 24.4 Å². The Morgan fingerprint density at radius 3 is 2.83 bits per heavy atom. The SMILES string of the molecule is COc1cc(C#N)ccc1NC(C(=O)O)C1CC1. The van der Waals surface area contributed by atoms with Crippen molar-refractivity contribution in [2.45, 2.75) is 18.9 Å². The zero-order valence-electron chi connectivity index (χ0n) is 10.0. The fourth-order valence-corrected chi connectivity index (χ4v) is 1.86. The Hall–Kier alpha value is -2.22. The van der Waals surface area contributed by atoms with E-state index < -0.39 is 12.0 Å². The predicted molar refractivity (Wildman–Crippen MR) is 65.5 cm³/mol. The molecule has 1 saturated carbocycles. The number of nitrogens with zero attached hydrogens (tertiary/aromatic N) is 1. The highest BCUT2D eigenvalue weighted by Gasteiger charge is 2.36. The molecule has 1 fully saturated rings. The number of carboxylic acid groups (broad SMARTS) is 1. The van der Waals surface area contributed by atoms with Crippen molar-refractivity contribution in [2.24, 2.45) is 5.92 Å². The molecule has 1 aliphatic rings. The van der Waals surface area contributed by atoms with E-state index in [0.29, 0.717) is 17.0 Å². The van der Waals surface area contributed by atoms with Crippen LogP contribution in [-0.2, 0) is 4.79 Å². The summed E-state index contributed by atoms with van der Waals surface area (Å²) in [5, 5.41) is 20.9. The van der Waals surface area contributed by atoms with E-state index in [-0.39, 0.29) is 5.92 Å². The quantitative estimate of drug-likeness (QED) is 0.828. The van der Waals surface area contributed by atoms with E-state index in [1.165, 1.54) is 7.11 Å². The lowest BCUT2D eigenvalue weighted by Gasteiger charge is -2.17. The molecule has 1 atom stereocenters. The van der Waals surface area contributed by atoms with Gasteiger partial charge in [0, 0.05) is 6.07 Å². The summed E-state index contributed by atoms with van der Waals surface area (Å²) in [4.78, 5) is 11.2. The average Bonchev–Trinajstić information content (AvgIpc) is 3.19. The van der Waals surface area contributed by atoms with Crippen LogP contribution in [0.25, 0.3) is 0 Å². The molecule has 0 radical (unpaired) electrons. The maximum atomic E-state index is 11.2. The Balaban J connectivity index is 2.22. The maximum absolute atomic E-state index is 11.2. The van der Waals surface area contributed by atoms with E-state index >= 15 is 0 Å². The number of methoxy groups -OCH3 is 1. The summed E-state index contributed by atoms with van der Waals surface area (Å²) >= 11 is 0. The summed E-state index contributed by atoms with van der Waals surface area (Å²) in [6.45, 7) is 0. The van der Waals surface area contributed by atoms with Gasteiger partial charge in [-0.05, 0) is 30.9 Å². The first-order valence-electron chi connectivity index (χ1n) is 5.73. The zero-order chi connectivity index (χ0) is 13.1. The van der Waals surface area contributed by atoms with Crippen molar-refractivity contribution >= 4 is 11.7 Å². The number of rotatable bonds is 5. The van der Waals surface area contributed by atoms with Crippen LogP contribution in [0, 0.1) is 17.2 Å². The molecule has 18 heavy (non-hydrogen) atoms. The monoisotopic (exact) mass is 246 g/mol. The lowest BCUT2D eigenvalue weighted by atomic mass is 10.1. The minimum absolute atomic E-state index is 0.183.